The molecule has 2 unspecified atom stereocenters. The third kappa shape index (κ3) is 4.23. The molecule has 0 spiro atoms. The molecule has 2 aliphatic carbocycles. The first-order chi connectivity index (χ1) is 16.4. The van der Waals surface area contributed by atoms with Gasteiger partial charge in [0, 0.05) is 0 Å². The normalized spacial score (nSPS) is 18.2. The van der Waals surface area contributed by atoms with Crippen LogP contribution < -0.4 is 0 Å². The third-order valence-electron chi connectivity index (χ3n) is 8.23. The largest absolute Gasteiger partial charge is 0.147 e. The number of rotatable bonds is 4. The molecule has 0 fully saturated rings. The van der Waals surface area contributed by atoms with Crippen molar-refractivity contribution in [2.45, 2.75) is 29.9 Å². The molecular formula is C31H33Cl2NSiZr. The smallest absolute Gasteiger partial charge is 0.147 e. The summed E-state index contributed by atoms with van der Waals surface area (Å²) in [7, 11) is 0. The van der Waals surface area contributed by atoms with E-state index in [4.69, 9.17) is 4.98 Å². The van der Waals surface area contributed by atoms with Crippen molar-refractivity contribution in [3.8, 4) is 11.1 Å². The van der Waals surface area contributed by atoms with E-state index in [9.17, 15) is 0 Å². The summed E-state index contributed by atoms with van der Waals surface area (Å²) in [6, 6.07) is 26.7. The van der Waals surface area contributed by atoms with Gasteiger partial charge in [0.15, 0.2) is 0 Å². The number of hydrogen-bond acceptors (Lipinski definition) is 1. The molecule has 5 heteroatoms. The minimum atomic E-state index is -3.36. The molecule has 0 radical (unpaired) electrons. The van der Waals surface area contributed by atoms with Crippen molar-refractivity contribution >= 4 is 54.7 Å². The van der Waals surface area contributed by atoms with Gasteiger partial charge >= 0.3 is 206 Å². The Labute approximate surface area is 229 Å². The fourth-order valence-corrected chi connectivity index (χ4v) is 24.2. The number of aromatic nitrogens is 1. The molecule has 0 saturated carbocycles. The summed E-state index contributed by atoms with van der Waals surface area (Å²) < 4.78 is 6.54. The monoisotopic (exact) mass is 607 g/mol. The number of halogens is 2. The number of para-hydroxylation sites is 1. The van der Waals surface area contributed by atoms with Crippen molar-refractivity contribution in [3.63, 3.8) is 0 Å². The maximum atomic E-state index is 4.78. The second-order valence-corrected chi connectivity index (χ2v) is 41.7. The first-order valence-electron chi connectivity index (χ1n) is 12.4. The maximum Gasteiger partial charge on any atom is -0.147 e. The zero-order valence-electron chi connectivity index (χ0n) is 21.1. The summed E-state index contributed by atoms with van der Waals surface area (Å²) in [5, 5.41) is 1.20. The summed E-state index contributed by atoms with van der Waals surface area (Å²) in [6.07, 6.45) is 10.6. The summed E-state index contributed by atoms with van der Waals surface area (Å²) in [5.74, 6) is 0. The molecule has 1 heterocycles. The second kappa shape index (κ2) is 9.84. The summed E-state index contributed by atoms with van der Waals surface area (Å²) in [5.41, 5.74) is 11.2. The molecule has 2 aliphatic rings. The van der Waals surface area contributed by atoms with Gasteiger partial charge in [-0.25, -0.2) is 0 Å². The van der Waals surface area contributed by atoms with E-state index in [0.29, 0.717) is 7.25 Å². The number of allylic oxidation sites excluding steroid dienone is 2. The number of fused-ring (bicyclic) bond motifs is 3. The number of pyridine rings is 1. The first-order valence-corrected chi connectivity index (χ1v) is 26.1. The Hall–Kier alpha value is -1.77. The summed E-state index contributed by atoms with van der Waals surface area (Å²) in [6.45, 7) is 4.75. The Bertz CT molecular complexity index is 1600. The number of hydrogen-bond donors (Lipinski definition) is 0. The van der Waals surface area contributed by atoms with Crippen molar-refractivity contribution < 1.29 is 17.4 Å². The van der Waals surface area contributed by atoms with Gasteiger partial charge in [-0.15, -0.1) is 24.8 Å². The van der Waals surface area contributed by atoms with Crippen molar-refractivity contribution in [1.29, 1.82) is 0 Å². The van der Waals surface area contributed by atoms with Gasteiger partial charge in [-0.1, -0.05) is 0 Å². The summed E-state index contributed by atoms with van der Waals surface area (Å²) >= 11 is -3.36. The van der Waals surface area contributed by atoms with E-state index in [0.717, 1.165) is 11.9 Å². The first kappa shape index (κ1) is 27.3. The van der Waals surface area contributed by atoms with Gasteiger partial charge in [-0.05, 0) is 0 Å². The fraction of sp³-hybridized carbons (Fsp3) is 0.194. The van der Waals surface area contributed by atoms with Crippen LogP contribution >= 0.6 is 24.8 Å². The zero-order chi connectivity index (χ0) is 23.5. The van der Waals surface area contributed by atoms with Crippen LogP contribution in [0, 0.1) is 0 Å². The van der Waals surface area contributed by atoms with E-state index in [-0.39, 0.29) is 24.8 Å². The average molecular weight is 610 g/mol. The minimum absolute atomic E-state index is 0. The van der Waals surface area contributed by atoms with Crippen molar-refractivity contribution in [3.05, 3.63) is 113 Å². The number of nitrogens with zero attached hydrogens (tertiary/aromatic N) is 1. The van der Waals surface area contributed by atoms with E-state index < -0.39 is 17.4 Å². The Balaban J connectivity index is 0.00000152. The topological polar surface area (TPSA) is 12.9 Å². The van der Waals surface area contributed by atoms with E-state index in [1.165, 1.54) is 27.6 Å². The van der Waals surface area contributed by atoms with Gasteiger partial charge in [0.05, 0.1) is 0 Å². The Morgan fingerprint density at radius 2 is 1.61 bits per heavy atom. The Morgan fingerprint density at radius 1 is 0.889 bits per heavy atom. The molecular weight excluding hydrogens is 577 g/mol. The standard InChI is InChI=1S/C20H16N.C9H7.2CH3.2ClH.H2Si.Zr/c1-2-14-10-15-7-5-8-18(19(15)11-14)17-12-16-6-3-4-9-20(16)21-13-17;1-2-5-9-7-3-6-8(9)4-1;;;;;;/h3-13H,2H2,1H3;1-7H;2*1H3;2*1H;1H2;. The second-order valence-electron chi connectivity index (χ2n) is 11.1. The fourth-order valence-electron chi connectivity index (χ4n) is 6.62. The van der Waals surface area contributed by atoms with Gasteiger partial charge in [0.2, 0.25) is 0 Å². The van der Waals surface area contributed by atoms with Gasteiger partial charge in [0.1, 0.15) is 0 Å². The minimum Gasteiger partial charge on any atom is -0.147 e. The molecule has 0 amide bonds. The van der Waals surface area contributed by atoms with Crippen LogP contribution in [0.1, 0.15) is 42.8 Å². The molecule has 1 aromatic heterocycles. The molecule has 0 saturated heterocycles. The molecule has 1 nitrogen and oxygen atoms in total. The molecule has 4 aromatic rings. The van der Waals surface area contributed by atoms with Crippen LogP contribution in [-0.2, 0) is 17.4 Å². The Kier molecular flexibility index (Phi) is 7.45. The van der Waals surface area contributed by atoms with Crippen LogP contribution in [0.15, 0.2) is 90.6 Å². The van der Waals surface area contributed by atoms with E-state index in [2.05, 4.69) is 120 Å². The predicted molar refractivity (Wildman–Crippen MR) is 161 cm³/mol. The maximum absolute atomic E-state index is 4.78. The summed E-state index contributed by atoms with van der Waals surface area (Å²) in [4.78, 5) is 4.78. The van der Waals surface area contributed by atoms with Crippen LogP contribution in [0.3, 0.4) is 0 Å². The molecule has 36 heavy (non-hydrogen) atoms. The molecule has 0 N–H and O–H groups in total. The molecule has 6 rings (SSSR count). The van der Waals surface area contributed by atoms with Crippen LogP contribution in [-0.4, -0.2) is 11.9 Å². The Morgan fingerprint density at radius 3 is 2.42 bits per heavy atom. The van der Waals surface area contributed by atoms with E-state index in [1.54, 1.807) is 16.7 Å². The molecule has 2 atom stereocenters. The van der Waals surface area contributed by atoms with E-state index >= 15 is 0 Å². The third-order valence-corrected chi connectivity index (χ3v) is 25.8. The van der Waals surface area contributed by atoms with Crippen molar-refractivity contribution in [1.82, 2.24) is 4.98 Å². The van der Waals surface area contributed by atoms with Crippen molar-refractivity contribution in [2.75, 3.05) is 0 Å². The van der Waals surface area contributed by atoms with Crippen LogP contribution in [0.2, 0.25) is 9.26 Å². The molecule has 184 valence electrons. The quantitative estimate of drug-likeness (QED) is 0.211. The van der Waals surface area contributed by atoms with Crippen molar-refractivity contribution in [2.24, 2.45) is 0 Å². The van der Waals surface area contributed by atoms with Gasteiger partial charge in [-0.2, -0.15) is 0 Å². The molecule has 3 aromatic carbocycles. The zero-order valence-corrected chi connectivity index (χ0v) is 26.6. The number of benzene rings is 3. The average Bonchev–Trinajstić information content (AvgIpc) is 3.46. The van der Waals surface area contributed by atoms with Gasteiger partial charge in [-0.3, -0.25) is 0 Å². The predicted octanol–water partition coefficient (Wildman–Crippen LogP) is 8.70. The molecule has 0 bridgehead atoms. The van der Waals surface area contributed by atoms with Crippen LogP contribution in [0.25, 0.3) is 34.2 Å². The van der Waals surface area contributed by atoms with Crippen LogP contribution in [0.4, 0.5) is 0 Å². The van der Waals surface area contributed by atoms with Crippen LogP contribution in [0.5, 0.6) is 0 Å². The molecule has 0 aliphatic heterocycles. The SMILES string of the molecule is CCC1=Cc2c(-c3cnc4ccccc4c3)cccc2[CH]1[Zr]([CH3])([CH3])(=[SiH2])[CH]1C=Cc2ccccc21.Cl.Cl. The van der Waals surface area contributed by atoms with E-state index in [1.807, 2.05) is 0 Å². The van der Waals surface area contributed by atoms with Gasteiger partial charge < -0.3 is 0 Å². The van der Waals surface area contributed by atoms with Gasteiger partial charge in [0.25, 0.3) is 0 Å².